The Labute approximate surface area is 305 Å². The van der Waals surface area contributed by atoms with Gasteiger partial charge >= 0.3 is 0 Å². The number of rotatable bonds is 9. The SMILES string of the molecule is COc1cc(OC)cc(-c2c3nc(c4ccc([nH]4)c(-c4cc(OC)cc(OC)c4)c4ccc([nH]4)c(-c4cc(OC)cc(OC)c4)c4ccc2[nH]4)C=C3)c1. The van der Waals surface area contributed by atoms with Gasteiger partial charge in [-0.2, -0.15) is 0 Å². The highest BCUT2D eigenvalue weighted by Gasteiger charge is 2.18. The number of hydrogen-bond acceptors (Lipinski definition) is 7. The number of aromatic nitrogens is 4. The smallest absolute Gasteiger partial charge is 0.123 e. The molecule has 0 spiro atoms. The van der Waals surface area contributed by atoms with Gasteiger partial charge in [-0.25, -0.2) is 4.98 Å². The lowest BCUT2D eigenvalue weighted by molar-refractivity contribution is 0.394. The zero-order valence-electron chi connectivity index (χ0n) is 30.2. The van der Waals surface area contributed by atoms with Crippen molar-refractivity contribution in [2.24, 2.45) is 0 Å². The second-order valence-corrected chi connectivity index (χ2v) is 12.5. The first-order valence-corrected chi connectivity index (χ1v) is 17.0. The summed E-state index contributed by atoms with van der Waals surface area (Å²) in [6, 6.07) is 30.0. The summed E-state index contributed by atoms with van der Waals surface area (Å²) >= 11 is 0. The maximum Gasteiger partial charge on any atom is 0.123 e. The fourth-order valence-corrected chi connectivity index (χ4v) is 6.92. The first-order valence-electron chi connectivity index (χ1n) is 17.0. The summed E-state index contributed by atoms with van der Waals surface area (Å²) in [6.45, 7) is 0. The molecule has 3 aromatic carbocycles. The lowest BCUT2D eigenvalue weighted by atomic mass is 10.0. The van der Waals surface area contributed by atoms with Crippen molar-refractivity contribution in [1.82, 2.24) is 19.9 Å². The van der Waals surface area contributed by atoms with Crippen molar-refractivity contribution in [3.05, 3.63) is 102 Å². The number of hydrogen-bond donors (Lipinski definition) is 3. The van der Waals surface area contributed by atoms with Gasteiger partial charge in [0.1, 0.15) is 34.5 Å². The van der Waals surface area contributed by atoms with E-state index >= 15 is 0 Å². The van der Waals surface area contributed by atoms with E-state index in [-0.39, 0.29) is 0 Å². The average molecular weight is 707 g/mol. The van der Waals surface area contributed by atoms with E-state index in [2.05, 4.69) is 51.4 Å². The molecule has 8 bridgehead atoms. The third kappa shape index (κ3) is 6.14. The Bertz CT molecular complexity index is 2600. The largest absolute Gasteiger partial charge is 0.497 e. The second kappa shape index (κ2) is 13.7. The fraction of sp³-hybridized carbons (Fsp3) is 0.140. The van der Waals surface area contributed by atoms with Crippen LogP contribution in [0.1, 0.15) is 11.4 Å². The highest BCUT2D eigenvalue weighted by atomic mass is 16.5. The first kappa shape index (κ1) is 33.3. The van der Waals surface area contributed by atoms with Gasteiger partial charge in [0.05, 0.1) is 59.6 Å². The Morgan fingerprint density at radius 2 is 0.623 bits per heavy atom. The maximum atomic E-state index is 5.73. The van der Waals surface area contributed by atoms with Crippen LogP contribution in [0.25, 0.3) is 78.6 Å². The van der Waals surface area contributed by atoms with Crippen molar-refractivity contribution in [3.8, 4) is 67.9 Å². The van der Waals surface area contributed by atoms with Gasteiger partial charge in [-0.1, -0.05) is 0 Å². The molecule has 0 aliphatic carbocycles. The number of H-pyrrole nitrogens is 3. The molecule has 53 heavy (non-hydrogen) atoms. The highest BCUT2D eigenvalue weighted by molar-refractivity contribution is 6.01. The molecule has 0 radical (unpaired) electrons. The summed E-state index contributed by atoms with van der Waals surface area (Å²) in [6.07, 6.45) is 4.06. The topological polar surface area (TPSA) is 116 Å². The molecule has 10 heteroatoms. The molecule has 266 valence electrons. The molecule has 0 unspecified atom stereocenters. The first-order chi connectivity index (χ1) is 25.9. The molecular formula is C43H38N4O6. The zero-order chi connectivity index (χ0) is 36.6. The Morgan fingerprint density at radius 1 is 0.340 bits per heavy atom. The number of fused-ring (bicyclic) bond motifs is 9. The second-order valence-electron chi connectivity index (χ2n) is 12.5. The molecule has 7 aromatic rings. The molecule has 1 aliphatic heterocycles. The third-order valence-electron chi connectivity index (χ3n) is 9.50. The quantitative estimate of drug-likeness (QED) is 0.137. The number of nitrogens with zero attached hydrogens (tertiary/aromatic N) is 1. The van der Waals surface area contributed by atoms with Crippen molar-refractivity contribution in [3.63, 3.8) is 0 Å². The summed E-state index contributed by atoms with van der Waals surface area (Å²) in [5.41, 5.74) is 12.2. The van der Waals surface area contributed by atoms with E-state index in [1.807, 2.05) is 66.7 Å². The summed E-state index contributed by atoms with van der Waals surface area (Å²) in [4.78, 5) is 16.4. The normalized spacial score (nSPS) is 11.5. The van der Waals surface area contributed by atoms with Gasteiger partial charge in [0.2, 0.25) is 0 Å². The van der Waals surface area contributed by atoms with Gasteiger partial charge in [0.15, 0.2) is 0 Å². The lowest BCUT2D eigenvalue weighted by Gasteiger charge is -2.10. The van der Waals surface area contributed by atoms with E-state index in [0.717, 1.165) is 77.9 Å². The standard InChI is InChI=1S/C43H38N4O6/c1-48-27-15-24(16-28(21-27)49-2)41-35-9-7-33(44-35)34-8-10-36(45-34)42(25-17-29(50-3)22-30(18-25)51-4)38-12-14-40(47-38)43(39-13-11-37(41)46-39)26-19-31(52-5)23-32(20-26)53-6/h7-23,44,46-47H,1-6H3. The minimum absolute atomic E-state index is 0.667. The van der Waals surface area contributed by atoms with E-state index in [0.29, 0.717) is 34.5 Å². The summed E-state index contributed by atoms with van der Waals surface area (Å²) in [5, 5.41) is 0. The molecule has 0 atom stereocenters. The van der Waals surface area contributed by atoms with Crippen LogP contribution in [0.2, 0.25) is 0 Å². The average Bonchev–Trinajstić information content (AvgIpc) is 4.04. The van der Waals surface area contributed by atoms with Crippen molar-refractivity contribution in [2.75, 3.05) is 42.7 Å². The lowest BCUT2D eigenvalue weighted by Crippen LogP contribution is -1.91. The number of ether oxygens (including phenoxy) is 6. The minimum Gasteiger partial charge on any atom is -0.497 e. The summed E-state index contributed by atoms with van der Waals surface area (Å²) < 4.78 is 34.2. The molecule has 4 aromatic heterocycles. The third-order valence-corrected chi connectivity index (χ3v) is 9.50. The van der Waals surface area contributed by atoms with Crippen LogP contribution in [0.5, 0.6) is 34.5 Å². The van der Waals surface area contributed by atoms with Crippen molar-refractivity contribution in [1.29, 1.82) is 0 Å². The predicted octanol–water partition coefficient (Wildman–Crippen LogP) is 9.75. The van der Waals surface area contributed by atoms with Crippen LogP contribution in [0.3, 0.4) is 0 Å². The minimum atomic E-state index is 0.667. The number of aromatic amines is 3. The van der Waals surface area contributed by atoms with Crippen molar-refractivity contribution in [2.45, 2.75) is 0 Å². The van der Waals surface area contributed by atoms with E-state index in [1.54, 1.807) is 42.7 Å². The van der Waals surface area contributed by atoms with Gasteiger partial charge in [0.25, 0.3) is 0 Å². The van der Waals surface area contributed by atoms with Crippen LogP contribution < -0.4 is 28.4 Å². The molecule has 0 saturated heterocycles. The van der Waals surface area contributed by atoms with Gasteiger partial charge in [-0.05, 0) is 102 Å². The number of nitrogens with one attached hydrogen (secondary N) is 3. The molecule has 5 heterocycles. The van der Waals surface area contributed by atoms with Crippen LogP contribution in [0, 0.1) is 0 Å². The molecule has 0 fully saturated rings. The molecule has 3 N–H and O–H groups in total. The molecule has 1 aliphatic rings. The van der Waals surface area contributed by atoms with Gasteiger partial charge in [-0.3, -0.25) is 0 Å². The molecule has 0 amide bonds. The van der Waals surface area contributed by atoms with Crippen molar-refractivity contribution >= 4 is 45.3 Å². The monoisotopic (exact) mass is 706 g/mol. The molecule has 10 nitrogen and oxygen atoms in total. The van der Waals surface area contributed by atoms with E-state index in [4.69, 9.17) is 33.4 Å². The Balaban J connectivity index is 1.55. The molecule has 8 rings (SSSR count). The van der Waals surface area contributed by atoms with Crippen molar-refractivity contribution < 1.29 is 28.4 Å². The highest BCUT2D eigenvalue weighted by Crippen LogP contribution is 2.40. The summed E-state index contributed by atoms with van der Waals surface area (Å²) in [5.74, 6) is 4.02. The molecular weight excluding hydrogens is 668 g/mol. The fourth-order valence-electron chi connectivity index (χ4n) is 6.92. The summed E-state index contributed by atoms with van der Waals surface area (Å²) in [7, 11) is 9.90. The van der Waals surface area contributed by atoms with Gasteiger partial charge in [-0.15, -0.1) is 0 Å². The van der Waals surface area contributed by atoms with Crippen LogP contribution in [-0.2, 0) is 0 Å². The Kier molecular flexibility index (Phi) is 8.63. The van der Waals surface area contributed by atoms with E-state index < -0.39 is 0 Å². The van der Waals surface area contributed by atoms with E-state index in [1.165, 1.54) is 0 Å². The predicted molar refractivity (Wildman–Crippen MR) is 211 cm³/mol. The van der Waals surface area contributed by atoms with Gasteiger partial charge < -0.3 is 43.4 Å². The van der Waals surface area contributed by atoms with Crippen LogP contribution in [-0.4, -0.2) is 62.6 Å². The number of benzene rings is 3. The Morgan fingerprint density at radius 3 is 0.981 bits per heavy atom. The zero-order valence-corrected chi connectivity index (χ0v) is 30.2. The van der Waals surface area contributed by atoms with Crippen LogP contribution in [0.15, 0.2) is 91.0 Å². The van der Waals surface area contributed by atoms with E-state index in [9.17, 15) is 0 Å². The molecule has 0 saturated carbocycles. The number of methoxy groups -OCH3 is 6. The van der Waals surface area contributed by atoms with Gasteiger partial charge in [0, 0.05) is 62.5 Å². The Hall–Kier alpha value is -6.81. The maximum absolute atomic E-state index is 5.73. The van der Waals surface area contributed by atoms with Crippen LogP contribution >= 0.6 is 0 Å². The van der Waals surface area contributed by atoms with Crippen LogP contribution in [0.4, 0.5) is 0 Å².